The highest BCUT2D eigenvalue weighted by atomic mass is 79.9. The second-order valence-corrected chi connectivity index (χ2v) is 4.96. The molecule has 3 N–H and O–H groups in total. The standard InChI is InChI=1S/C9H11BrFN3O4/c1-3-6(15)5(10)8(18-3)14-2-4(11)7(13-17)12-9(14)16/h2-3,5-6,8,15,17H,1H3,(H,12,13,16)/t3-,5-,6-,8-/m1/s1. The third kappa shape index (κ3) is 2.14. The molecule has 9 heteroatoms. The highest BCUT2D eigenvalue weighted by Crippen LogP contribution is 2.33. The SMILES string of the molecule is C[C@H]1O[C@@H](n2cc(F)c(NO)nc2=O)[C@H](Br)[C@@H]1O. The quantitative estimate of drug-likeness (QED) is 0.532. The molecule has 7 nitrogen and oxygen atoms in total. The average molecular weight is 324 g/mol. The van der Waals surface area contributed by atoms with Gasteiger partial charge in [0, 0.05) is 0 Å². The summed E-state index contributed by atoms with van der Waals surface area (Å²) in [6.45, 7) is 1.64. The Morgan fingerprint density at radius 1 is 1.67 bits per heavy atom. The molecule has 0 spiro atoms. The number of aliphatic hydroxyl groups is 1. The number of rotatable bonds is 2. The zero-order valence-corrected chi connectivity index (χ0v) is 10.8. The molecule has 18 heavy (non-hydrogen) atoms. The van der Waals surface area contributed by atoms with Crippen LogP contribution < -0.4 is 11.2 Å². The van der Waals surface area contributed by atoms with Crippen LogP contribution in [-0.2, 0) is 4.74 Å². The van der Waals surface area contributed by atoms with E-state index in [1.54, 1.807) is 6.92 Å². The van der Waals surface area contributed by atoms with Gasteiger partial charge in [-0.2, -0.15) is 4.98 Å². The highest BCUT2D eigenvalue weighted by molar-refractivity contribution is 9.09. The van der Waals surface area contributed by atoms with Crippen LogP contribution in [-0.4, -0.2) is 36.9 Å². The van der Waals surface area contributed by atoms with Crippen molar-refractivity contribution in [3.05, 3.63) is 22.5 Å². The molecule has 0 radical (unpaired) electrons. The van der Waals surface area contributed by atoms with E-state index in [0.717, 1.165) is 10.8 Å². The molecule has 100 valence electrons. The van der Waals surface area contributed by atoms with E-state index in [1.165, 1.54) is 5.48 Å². The number of aliphatic hydroxyl groups excluding tert-OH is 1. The molecule has 2 rings (SSSR count). The van der Waals surface area contributed by atoms with Gasteiger partial charge in [-0.15, -0.1) is 0 Å². The zero-order valence-electron chi connectivity index (χ0n) is 9.25. The van der Waals surface area contributed by atoms with Crippen LogP contribution in [0.3, 0.4) is 0 Å². The van der Waals surface area contributed by atoms with Crippen molar-refractivity contribution < 1.29 is 19.4 Å². The predicted molar refractivity (Wildman–Crippen MR) is 62.2 cm³/mol. The molecule has 0 bridgehead atoms. The van der Waals surface area contributed by atoms with Crippen molar-refractivity contribution in [1.82, 2.24) is 9.55 Å². The van der Waals surface area contributed by atoms with Crippen molar-refractivity contribution in [3.8, 4) is 0 Å². The molecule has 0 aromatic carbocycles. The zero-order chi connectivity index (χ0) is 13.4. The van der Waals surface area contributed by atoms with Crippen LogP contribution in [0.25, 0.3) is 0 Å². The maximum Gasteiger partial charge on any atom is 0.351 e. The molecule has 1 aromatic rings. The molecule has 4 atom stereocenters. The number of hydrogen-bond acceptors (Lipinski definition) is 6. The molecular weight excluding hydrogens is 313 g/mol. The number of alkyl halides is 1. The summed E-state index contributed by atoms with van der Waals surface area (Å²) in [4.78, 5) is 14.4. The first-order valence-corrected chi connectivity index (χ1v) is 6.03. The Bertz CT molecular complexity index is 511. The lowest BCUT2D eigenvalue weighted by molar-refractivity contribution is -0.00991. The largest absolute Gasteiger partial charge is 0.389 e. The molecule has 1 aliphatic heterocycles. The number of ether oxygens (including phenoxy) is 1. The number of hydrogen-bond donors (Lipinski definition) is 3. The van der Waals surface area contributed by atoms with E-state index in [4.69, 9.17) is 9.94 Å². The maximum atomic E-state index is 13.4. The minimum atomic E-state index is -0.908. The summed E-state index contributed by atoms with van der Waals surface area (Å²) in [5.41, 5.74) is 0.679. The first kappa shape index (κ1) is 13.4. The van der Waals surface area contributed by atoms with Crippen molar-refractivity contribution in [2.24, 2.45) is 0 Å². The summed E-state index contributed by atoms with van der Waals surface area (Å²) in [6, 6.07) is 0. The van der Waals surface area contributed by atoms with Gasteiger partial charge in [-0.3, -0.25) is 9.77 Å². The third-order valence-electron chi connectivity index (χ3n) is 2.72. The Kier molecular flexibility index (Phi) is 3.66. The lowest BCUT2D eigenvalue weighted by Gasteiger charge is -2.17. The molecule has 0 aliphatic carbocycles. The van der Waals surface area contributed by atoms with Crippen molar-refractivity contribution in [2.45, 2.75) is 30.2 Å². The predicted octanol–water partition coefficient (Wildman–Crippen LogP) is 0.225. The summed E-state index contributed by atoms with van der Waals surface area (Å²) in [7, 11) is 0. The van der Waals surface area contributed by atoms with E-state index in [2.05, 4.69) is 20.9 Å². The molecule has 1 fully saturated rings. The van der Waals surface area contributed by atoms with Crippen LogP contribution in [0, 0.1) is 5.82 Å². The van der Waals surface area contributed by atoms with Crippen LogP contribution in [0.15, 0.2) is 11.0 Å². The van der Waals surface area contributed by atoms with Crippen LogP contribution in [0.5, 0.6) is 0 Å². The third-order valence-corrected chi connectivity index (χ3v) is 3.71. The van der Waals surface area contributed by atoms with E-state index in [-0.39, 0.29) is 0 Å². The van der Waals surface area contributed by atoms with E-state index in [0.29, 0.717) is 0 Å². The van der Waals surface area contributed by atoms with Gasteiger partial charge in [0.2, 0.25) is 0 Å². The Morgan fingerprint density at radius 3 is 2.83 bits per heavy atom. The number of nitrogens with zero attached hydrogens (tertiary/aromatic N) is 2. The Balaban J connectivity index is 2.41. The molecule has 1 saturated heterocycles. The van der Waals surface area contributed by atoms with Gasteiger partial charge in [0.25, 0.3) is 0 Å². The van der Waals surface area contributed by atoms with Crippen molar-refractivity contribution >= 4 is 21.7 Å². The molecule has 1 aromatic heterocycles. The summed E-state index contributed by atoms with van der Waals surface area (Å²) in [5, 5.41) is 18.3. The number of halogens is 2. The summed E-state index contributed by atoms with van der Waals surface area (Å²) in [5.74, 6) is -1.47. The number of anilines is 1. The fraction of sp³-hybridized carbons (Fsp3) is 0.556. The van der Waals surface area contributed by atoms with Crippen LogP contribution in [0.1, 0.15) is 13.2 Å². The maximum absolute atomic E-state index is 13.4. The second-order valence-electron chi connectivity index (χ2n) is 3.91. The van der Waals surface area contributed by atoms with E-state index in [1.807, 2.05) is 0 Å². The molecule has 0 unspecified atom stereocenters. The van der Waals surface area contributed by atoms with E-state index >= 15 is 0 Å². The summed E-state index contributed by atoms with van der Waals surface area (Å²) < 4.78 is 19.7. The Morgan fingerprint density at radius 2 is 2.33 bits per heavy atom. The van der Waals surface area contributed by atoms with Gasteiger partial charge in [0.1, 0.15) is 0 Å². The lowest BCUT2D eigenvalue weighted by atomic mass is 10.2. The van der Waals surface area contributed by atoms with Gasteiger partial charge in [-0.05, 0) is 6.92 Å². The Hall–Kier alpha value is -1.03. The first-order chi connectivity index (χ1) is 8.45. The molecule has 2 heterocycles. The lowest BCUT2D eigenvalue weighted by Crippen LogP contribution is -2.33. The molecule has 1 aliphatic rings. The highest BCUT2D eigenvalue weighted by Gasteiger charge is 2.41. The number of aromatic nitrogens is 2. The van der Waals surface area contributed by atoms with E-state index in [9.17, 15) is 14.3 Å². The molecule has 0 saturated carbocycles. The van der Waals surface area contributed by atoms with Gasteiger partial charge in [-0.1, -0.05) is 15.9 Å². The monoisotopic (exact) mass is 323 g/mol. The van der Waals surface area contributed by atoms with Gasteiger partial charge in [0.05, 0.1) is 23.2 Å². The number of nitrogens with one attached hydrogen (secondary N) is 1. The van der Waals surface area contributed by atoms with Crippen molar-refractivity contribution in [1.29, 1.82) is 0 Å². The Labute approximate surface area is 109 Å². The summed E-state index contributed by atoms with van der Waals surface area (Å²) >= 11 is 3.19. The fourth-order valence-corrected chi connectivity index (χ4v) is 2.54. The van der Waals surface area contributed by atoms with Gasteiger partial charge in [-0.25, -0.2) is 14.7 Å². The van der Waals surface area contributed by atoms with Gasteiger partial charge < -0.3 is 9.84 Å². The second kappa shape index (κ2) is 4.92. The van der Waals surface area contributed by atoms with Gasteiger partial charge in [0.15, 0.2) is 17.9 Å². The minimum absolute atomic E-state index is 0.495. The van der Waals surface area contributed by atoms with Crippen molar-refractivity contribution in [3.63, 3.8) is 0 Å². The minimum Gasteiger partial charge on any atom is -0.389 e. The first-order valence-electron chi connectivity index (χ1n) is 5.12. The van der Waals surface area contributed by atoms with Crippen LogP contribution in [0.2, 0.25) is 0 Å². The smallest absolute Gasteiger partial charge is 0.351 e. The normalized spacial score (nSPS) is 31.6. The van der Waals surface area contributed by atoms with E-state index < -0.39 is 40.6 Å². The summed E-state index contributed by atoms with van der Waals surface area (Å²) in [6.07, 6.45) is -1.32. The average Bonchev–Trinajstić information content (AvgIpc) is 2.59. The fourth-order valence-electron chi connectivity index (χ4n) is 1.73. The molecular formula is C9H11BrFN3O4. The van der Waals surface area contributed by atoms with Crippen molar-refractivity contribution in [2.75, 3.05) is 5.48 Å². The van der Waals surface area contributed by atoms with Crippen LogP contribution in [0.4, 0.5) is 10.2 Å². The molecule has 0 amide bonds. The van der Waals surface area contributed by atoms with Crippen LogP contribution >= 0.6 is 15.9 Å². The topological polar surface area (TPSA) is 96.6 Å². The van der Waals surface area contributed by atoms with Gasteiger partial charge >= 0.3 is 5.69 Å².